The maximum Gasteiger partial charge on any atom is 0.252 e. The van der Waals surface area contributed by atoms with Crippen LogP contribution in [0.15, 0.2) is 17.0 Å². The maximum absolute atomic E-state index is 12.0. The Kier molecular flexibility index (Phi) is 7.61. The Labute approximate surface area is 128 Å². The van der Waals surface area contributed by atoms with Crippen LogP contribution in [0.25, 0.3) is 0 Å². The molecule has 0 aliphatic carbocycles. The highest BCUT2D eigenvalue weighted by atomic mass is 35.5. The molecule has 0 aliphatic heterocycles. The molecule has 0 saturated heterocycles. The van der Waals surface area contributed by atoms with Crippen molar-refractivity contribution in [3.63, 3.8) is 0 Å². The molecule has 0 fully saturated rings. The van der Waals surface area contributed by atoms with Crippen molar-refractivity contribution in [1.82, 2.24) is 10.6 Å². The number of hydrogen-bond acceptors (Lipinski definition) is 3. The van der Waals surface area contributed by atoms with Crippen LogP contribution in [0.5, 0.6) is 0 Å². The van der Waals surface area contributed by atoms with E-state index in [2.05, 4.69) is 17.6 Å². The topological polar surface area (TPSA) is 41.1 Å². The molecule has 1 aromatic carbocycles. The van der Waals surface area contributed by atoms with Gasteiger partial charge in [-0.3, -0.25) is 4.79 Å². The molecule has 106 valence electrons. The minimum absolute atomic E-state index is 0.171. The highest BCUT2D eigenvalue weighted by Crippen LogP contribution is 2.31. The monoisotopic (exact) mass is 320 g/mol. The number of hydrogen-bond donors (Lipinski definition) is 2. The van der Waals surface area contributed by atoms with Gasteiger partial charge in [0.2, 0.25) is 0 Å². The normalized spacial score (nSPS) is 10.5. The minimum atomic E-state index is -0.171. The van der Waals surface area contributed by atoms with E-state index in [4.69, 9.17) is 23.2 Å². The zero-order chi connectivity index (χ0) is 14.3. The van der Waals surface area contributed by atoms with Crippen LogP contribution in [0.4, 0.5) is 0 Å². The van der Waals surface area contributed by atoms with Gasteiger partial charge in [0.05, 0.1) is 15.6 Å². The van der Waals surface area contributed by atoms with Crippen molar-refractivity contribution in [1.29, 1.82) is 0 Å². The van der Waals surface area contributed by atoms with Crippen molar-refractivity contribution in [3.05, 3.63) is 27.7 Å². The zero-order valence-corrected chi connectivity index (χ0v) is 13.4. The molecule has 1 aromatic rings. The molecule has 0 radical (unpaired) electrons. The number of thioether (sulfide) groups is 1. The van der Waals surface area contributed by atoms with Gasteiger partial charge in [-0.25, -0.2) is 0 Å². The number of carbonyl (C=O) groups excluding carboxylic acids is 1. The van der Waals surface area contributed by atoms with E-state index in [1.54, 1.807) is 12.1 Å². The highest BCUT2D eigenvalue weighted by molar-refractivity contribution is 7.98. The summed E-state index contributed by atoms with van der Waals surface area (Å²) >= 11 is 13.6. The van der Waals surface area contributed by atoms with Crippen LogP contribution in [0, 0.1) is 0 Å². The lowest BCUT2D eigenvalue weighted by molar-refractivity contribution is 0.0954. The Hall–Kier alpha value is -0.420. The molecule has 6 heteroatoms. The predicted molar refractivity (Wildman–Crippen MR) is 83.7 cm³/mol. The summed E-state index contributed by atoms with van der Waals surface area (Å²) in [5.74, 6) is -0.171. The second-order valence-electron chi connectivity index (χ2n) is 3.97. The maximum atomic E-state index is 12.0. The van der Waals surface area contributed by atoms with Gasteiger partial charge in [-0.1, -0.05) is 30.1 Å². The number of nitrogens with one attached hydrogen (secondary N) is 2. The van der Waals surface area contributed by atoms with Gasteiger partial charge in [0, 0.05) is 18.0 Å². The second kappa shape index (κ2) is 8.69. The lowest BCUT2D eigenvalue weighted by atomic mass is 10.2. The van der Waals surface area contributed by atoms with E-state index in [1.165, 1.54) is 11.8 Å². The van der Waals surface area contributed by atoms with Crippen LogP contribution in [0.3, 0.4) is 0 Å². The first-order valence-electron chi connectivity index (χ1n) is 6.12. The summed E-state index contributed by atoms with van der Waals surface area (Å²) in [5.41, 5.74) is 0.464. The molecule has 3 nitrogen and oxygen atoms in total. The third-order valence-corrected chi connectivity index (χ3v) is 4.02. The molecule has 0 atom stereocenters. The average molecular weight is 321 g/mol. The number of benzene rings is 1. The lowest BCUT2D eigenvalue weighted by Crippen LogP contribution is -2.32. The summed E-state index contributed by atoms with van der Waals surface area (Å²) < 4.78 is 0. The van der Waals surface area contributed by atoms with E-state index >= 15 is 0 Å². The third-order valence-electron chi connectivity index (χ3n) is 2.50. The smallest absolute Gasteiger partial charge is 0.252 e. The summed E-state index contributed by atoms with van der Waals surface area (Å²) in [4.78, 5) is 12.8. The van der Waals surface area contributed by atoms with Crippen LogP contribution in [0.1, 0.15) is 23.7 Å². The molecular weight excluding hydrogens is 303 g/mol. The van der Waals surface area contributed by atoms with Crippen LogP contribution in [-0.2, 0) is 0 Å². The molecule has 0 aromatic heterocycles. The van der Waals surface area contributed by atoms with E-state index in [0.717, 1.165) is 24.4 Å². The molecule has 0 heterocycles. The van der Waals surface area contributed by atoms with Crippen molar-refractivity contribution in [2.45, 2.75) is 18.2 Å². The molecule has 2 N–H and O–H groups in total. The van der Waals surface area contributed by atoms with E-state index in [1.807, 2.05) is 6.26 Å². The largest absolute Gasteiger partial charge is 0.351 e. The number of halogens is 2. The Bertz CT molecular complexity index is 441. The summed E-state index contributed by atoms with van der Waals surface area (Å²) in [5, 5.41) is 6.99. The summed E-state index contributed by atoms with van der Waals surface area (Å²) in [6.45, 7) is 4.38. The van der Waals surface area contributed by atoms with E-state index in [0.29, 0.717) is 22.2 Å². The van der Waals surface area contributed by atoms with Gasteiger partial charge >= 0.3 is 0 Å². The van der Waals surface area contributed by atoms with Crippen LogP contribution in [0.2, 0.25) is 10.0 Å². The van der Waals surface area contributed by atoms with Crippen LogP contribution >= 0.6 is 35.0 Å². The van der Waals surface area contributed by atoms with Crippen molar-refractivity contribution in [3.8, 4) is 0 Å². The third kappa shape index (κ3) is 5.22. The van der Waals surface area contributed by atoms with E-state index in [9.17, 15) is 4.79 Å². The van der Waals surface area contributed by atoms with E-state index in [-0.39, 0.29) is 5.91 Å². The van der Waals surface area contributed by atoms with E-state index < -0.39 is 0 Å². The first-order valence-corrected chi connectivity index (χ1v) is 8.10. The summed E-state index contributed by atoms with van der Waals surface area (Å²) in [6.07, 6.45) is 2.99. The van der Waals surface area contributed by atoms with Gasteiger partial charge in [0.25, 0.3) is 5.91 Å². The SMILES string of the molecule is CCCNCCNC(=O)c1cc(SC)c(Cl)cc1Cl. The van der Waals surface area contributed by atoms with Crippen LogP contribution < -0.4 is 10.6 Å². The fraction of sp³-hybridized carbons (Fsp3) is 0.462. The fourth-order valence-corrected chi connectivity index (χ4v) is 2.71. The van der Waals surface area contributed by atoms with Gasteiger partial charge in [0.1, 0.15) is 0 Å². The fourth-order valence-electron chi connectivity index (χ4n) is 1.52. The quantitative estimate of drug-likeness (QED) is 0.597. The van der Waals surface area contributed by atoms with Gasteiger partial charge in [-0.15, -0.1) is 11.8 Å². The number of amides is 1. The number of rotatable bonds is 7. The van der Waals surface area contributed by atoms with Gasteiger partial charge in [-0.05, 0) is 31.4 Å². The Morgan fingerprint density at radius 1 is 1.21 bits per heavy atom. The lowest BCUT2D eigenvalue weighted by Gasteiger charge is -2.09. The Morgan fingerprint density at radius 3 is 2.58 bits per heavy atom. The van der Waals surface area contributed by atoms with Crippen molar-refractivity contribution >= 4 is 40.9 Å². The van der Waals surface area contributed by atoms with Gasteiger partial charge in [-0.2, -0.15) is 0 Å². The van der Waals surface area contributed by atoms with Gasteiger partial charge < -0.3 is 10.6 Å². The Morgan fingerprint density at radius 2 is 1.95 bits per heavy atom. The molecule has 1 amide bonds. The molecular formula is C13H18Cl2N2OS. The van der Waals surface area contributed by atoms with Gasteiger partial charge in [0.15, 0.2) is 0 Å². The predicted octanol–water partition coefficient (Wildman–Crippen LogP) is 3.44. The molecule has 19 heavy (non-hydrogen) atoms. The molecule has 0 unspecified atom stereocenters. The molecule has 0 bridgehead atoms. The first kappa shape index (κ1) is 16.6. The molecule has 0 aliphatic rings. The highest BCUT2D eigenvalue weighted by Gasteiger charge is 2.13. The van der Waals surface area contributed by atoms with Crippen molar-refractivity contribution in [2.24, 2.45) is 0 Å². The van der Waals surface area contributed by atoms with Crippen LogP contribution in [-0.4, -0.2) is 31.8 Å². The molecule has 0 spiro atoms. The Balaban J connectivity index is 2.61. The molecule has 0 saturated carbocycles. The number of carbonyl (C=O) groups is 1. The van der Waals surface area contributed by atoms with Crippen molar-refractivity contribution < 1.29 is 4.79 Å². The van der Waals surface area contributed by atoms with Crippen molar-refractivity contribution in [2.75, 3.05) is 25.9 Å². The standard InChI is InChI=1S/C13H18Cl2N2OS/c1-3-4-16-5-6-17-13(18)9-7-12(19-2)11(15)8-10(9)14/h7-8,16H,3-6H2,1-2H3,(H,17,18). The minimum Gasteiger partial charge on any atom is -0.351 e. The average Bonchev–Trinajstić information content (AvgIpc) is 2.38. The summed E-state index contributed by atoms with van der Waals surface area (Å²) in [6, 6.07) is 3.34. The summed E-state index contributed by atoms with van der Waals surface area (Å²) in [7, 11) is 0. The molecule has 1 rings (SSSR count). The second-order valence-corrected chi connectivity index (χ2v) is 5.63. The zero-order valence-electron chi connectivity index (χ0n) is 11.1. The first-order chi connectivity index (χ1) is 9.10.